The fourth-order valence-electron chi connectivity index (χ4n) is 5.04. The SMILES string of the molecule is CC(C)(C)[Si](O[C@H]1CCCCO[C@H]1CCc1ccco1)(c1ccccc1)c1ccccc1. The van der Waals surface area contributed by atoms with E-state index in [0.717, 1.165) is 44.5 Å². The Hall–Kier alpha value is -2.14. The third kappa shape index (κ3) is 4.93. The molecule has 0 spiro atoms. The molecule has 1 fully saturated rings. The zero-order chi connectivity index (χ0) is 22.4. The van der Waals surface area contributed by atoms with Crippen molar-refractivity contribution in [3.63, 3.8) is 0 Å². The predicted octanol–water partition coefficient (Wildman–Crippen LogP) is 5.73. The number of furan rings is 1. The van der Waals surface area contributed by atoms with Gasteiger partial charge in [0, 0.05) is 13.0 Å². The van der Waals surface area contributed by atoms with Gasteiger partial charge in [-0.15, -0.1) is 0 Å². The van der Waals surface area contributed by atoms with Gasteiger partial charge in [0.1, 0.15) is 5.76 Å². The molecule has 4 heteroatoms. The second-order valence-electron chi connectivity index (χ2n) is 9.84. The summed E-state index contributed by atoms with van der Waals surface area (Å²) in [7, 11) is -2.60. The Morgan fingerprint density at radius 2 is 1.53 bits per heavy atom. The lowest BCUT2D eigenvalue weighted by atomic mass is 10.0. The minimum atomic E-state index is -2.60. The normalized spacial score (nSPS) is 20.1. The molecule has 0 saturated carbocycles. The average Bonchev–Trinajstić information content (AvgIpc) is 3.22. The highest BCUT2D eigenvalue weighted by atomic mass is 28.4. The molecular weight excluding hydrogens is 412 g/mol. The Balaban J connectivity index is 1.73. The summed E-state index contributed by atoms with van der Waals surface area (Å²) in [4.78, 5) is 0. The van der Waals surface area contributed by atoms with E-state index < -0.39 is 8.32 Å². The van der Waals surface area contributed by atoms with Gasteiger partial charge in [-0.25, -0.2) is 0 Å². The summed E-state index contributed by atoms with van der Waals surface area (Å²) in [5, 5.41) is 2.62. The van der Waals surface area contributed by atoms with Crippen molar-refractivity contribution in [3.05, 3.63) is 84.8 Å². The van der Waals surface area contributed by atoms with E-state index in [9.17, 15) is 0 Å². The molecule has 2 heterocycles. The monoisotopic (exact) mass is 448 g/mol. The molecule has 170 valence electrons. The summed E-state index contributed by atoms with van der Waals surface area (Å²) in [6.07, 6.45) is 6.95. The third-order valence-electron chi connectivity index (χ3n) is 6.63. The Morgan fingerprint density at radius 3 is 2.09 bits per heavy atom. The number of rotatable bonds is 7. The van der Waals surface area contributed by atoms with Crippen LogP contribution >= 0.6 is 0 Å². The van der Waals surface area contributed by atoms with Gasteiger partial charge in [-0.2, -0.15) is 0 Å². The molecule has 1 aliphatic heterocycles. The molecule has 32 heavy (non-hydrogen) atoms. The van der Waals surface area contributed by atoms with Crippen LogP contribution in [0.5, 0.6) is 0 Å². The third-order valence-corrected chi connectivity index (χ3v) is 11.7. The topological polar surface area (TPSA) is 31.6 Å². The Morgan fingerprint density at radius 1 is 0.875 bits per heavy atom. The largest absolute Gasteiger partial charge is 0.469 e. The second kappa shape index (κ2) is 10.2. The van der Waals surface area contributed by atoms with Crippen molar-refractivity contribution < 1.29 is 13.6 Å². The molecule has 0 N–H and O–H groups in total. The number of ether oxygens (including phenoxy) is 1. The van der Waals surface area contributed by atoms with E-state index in [-0.39, 0.29) is 17.2 Å². The number of hydrogen-bond donors (Lipinski definition) is 0. The van der Waals surface area contributed by atoms with Crippen molar-refractivity contribution in [2.45, 2.75) is 70.1 Å². The van der Waals surface area contributed by atoms with E-state index in [1.54, 1.807) is 6.26 Å². The molecule has 0 aliphatic carbocycles. The van der Waals surface area contributed by atoms with Crippen molar-refractivity contribution in [1.82, 2.24) is 0 Å². The van der Waals surface area contributed by atoms with Crippen LogP contribution in [0, 0.1) is 0 Å². The summed E-state index contributed by atoms with van der Waals surface area (Å²) >= 11 is 0. The molecule has 0 amide bonds. The van der Waals surface area contributed by atoms with Gasteiger partial charge in [0.05, 0.1) is 18.5 Å². The van der Waals surface area contributed by atoms with Crippen LogP contribution in [0.15, 0.2) is 83.5 Å². The summed E-state index contributed by atoms with van der Waals surface area (Å²) in [5.41, 5.74) is 0. The van der Waals surface area contributed by atoms with Crippen molar-refractivity contribution >= 4 is 18.7 Å². The molecular formula is C28H36O3Si. The van der Waals surface area contributed by atoms with E-state index in [2.05, 4.69) is 87.5 Å². The summed E-state index contributed by atoms with van der Waals surface area (Å²) in [5.74, 6) is 1.02. The highest BCUT2D eigenvalue weighted by Gasteiger charge is 2.52. The average molecular weight is 449 g/mol. The molecule has 2 atom stereocenters. The van der Waals surface area contributed by atoms with Crippen molar-refractivity contribution in [1.29, 1.82) is 0 Å². The van der Waals surface area contributed by atoms with Gasteiger partial charge in [-0.1, -0.05) is 81.4 Å². The van der Waals surface area contributed by atoms with Crippen molar-refractivity contribution in [2.75, 3.05) is 6.61 Å². The van der Waals surface area contributed by atoms with Gasteiger partial charge in [-0.3, -0.25) is 0 Å². The van der Waals surface area contributed by atoms with E-state index in [1.807, 2.05) is 6.07 Å². The summed E-state index contributed by atoms with van der Waals surface area (Å²) in [6.45, 7) is 7.83. The number of hydrogen-bond acceptors (Lipinski definition) is 3. The Labute approximate surface area is 193 Å². The molecule has 3 aromatic rings. The highest BCUT2D eigenvalue weighted by molar-refractivity contribution is 6.99. The van der Waals surface area contributed by atoms with Gasteiger partial charge in [0.25, 0.3) is 8.32 Å². The lowest BCUT2D eigenvalue weighted by Crippen LogP contribution is -2.68. The van der Waals surface area contributed by atoms with Crippen LogP contribution in [-0.2, 0) is 15.6 Å². The van der Waals surface area contributed by atoms with Crippen LogP contribution in [0.3, 0.4) is 0 Å². The van der Waals surface area contributed by atoms with Crippen LogP contribution in [0.25, 0.3) is 0 Å². The zero-order valence-electron chi connectivity index (χ0n) is 19.6. The molecule has 3 nitrogen and oxygen atoms in total. The lowest BCUT2D eigenvalue weighted by molar-refractivity contribution is -0.0223. The first-order valence-corrected chi connectivity index (χ1v) is 13.8. The second-order valence-corrected chi connectivity index (χ2v) is 14.1. The maximum Gasteiger partial charge on any atom is 0.261 e. The fraction of sp³-hybridized carbons (Fsp3) is 0.429. The highest BCUT2D eigenvalue weighted by Crippen LogP contribution is 2.39. The standard InChI is InChI=1S/C28H36O3Si/c1-28(2,3)32(24-14-6-4-7-15-24,25-16-8-5-9-17-25)31-27-18-10-11-21-30-26(27)20-19-23-13-12-22-29-23/h4-9,12-17,22,26-27H,10-11,18-21H2,1-3H3/t26-,27-/m0/s1. The van der Waals surface area contributed by atoms with Crippen molar-refractivity contribution in [3.8, 4) is 0 Å². The zero-order valence-corrected chi connectivity index (χ0v) is 20.6. The Bertz CT molecular complexity index is 892. The minimum Gasteiger partial charge on any atom is -0.469 e. The van der Waals surface area contributed by atoms with Crippen LogP contribution in [0.2, 0.25) is 5.04 Å². The Kier molecular flexibility index (Phi) is 7.34. The number of benzene rings is 2. The van der Waals surface area contributed by atoms with Crippen LogP contribution < -0.4 is 10.4 Å². The van der Waals surface area contributed by atoms with Crippen LogP contribution in [-0.4, -0.2) is 27.1 Å². The maximum atomic E-state index is 7.46. The predicted molar refractivity (Wildman–Crippen MR) is 133 cm³/mol. The van der Waals surface area contributed by atoms with Gasteiger partial charge in [0.2, 0.25) is 0 Å². The first-order chi connectivity index (χ1) is 15.5. The molecule has 0 unspecified atom stereocenters. The van der Waals surface area contributed by atoms with Crippen molar-refractivity contribution in [2.24, 2.45) is 0 Å². The van der Waals surface area contributed by atoms with Crippen LogP contribution in [0.1, 0.15) is 52.2 Å². The smallest absolute Gasteiger partial charge is 0.261 e. The van der Waals surface area contributed by atoms with Gasteiger partial charge in [-0.05, 0) is 53.2 Å². The summed E-state index contributed by atoms with van der Waals surface area (Å²) in [6, 6.07) is 25.8. The van der Waals surface area contributed by atoms with Gasteiger partial charge in [0.15, 0.2) is 0 Å². The molecule has 4 rings (SSSR count). The van der Waals surface area contributed by atoms with Gasteiger partial charge >= 0.3 is 0 Å². The lowest BCUT2D eigenvalue weighted by Gasteiger charge is -2.46. The maximum absolute atomic E-state index is 7.46. The quantitative estimate of drug-likeness (QED) is 0.433. The first kappa shape index (κ1) is 23.0. The van der Waals surface area contributed by atoms with E-state index in [4.69, 9.17) is 13.6 Å². The first-order valence-electron chi connectivity index (χ1n) is 11.9. The minimum absolute atomic E-state index is 0.0342. The molecule has 0 radical (unpaired) electrons. The molecule has 2 aromatic carbocycles. The van der Waals surface area contributed by atoms with E-state index in [1.165, 1.54) is 10.4 Å². The van der Waals surface area contributed by atoms with E-state index >= 15 is 0 Å². The number of aryl methyl sites for hydroxylation is 1. The van der Waals surface area contributed by atoms with Gasteiger partial charge < -0.3 is 13.6 Å². The molecule has 1 saturated heterocycles. The molecule has 1 aromatic heterocycles. The van der Waals surface area contributed by atoms with E-state index in [0.29, 0.717) is 0 Å². The molecule has 1 aliphatic rings. The molecule has 0 bridgehead atoms. The fourth-order valence-corrected chi connectivity index (χ4v) is 9.78. The van der Waals surface area contributed by atoms with Crippen LogP contribution in [0.4, 0.5) is 0 Å². The summed E-state index contributed by atoms with van der Waals surface area (Å²) < 4.78 is 19.5.